The number of benzene rings is 1. The molecule has 1 aromatic carbocycles. The van der Waals surface area contributed by atoms with E-state index in [1.165, 1.54) is 6.08 Å². The van der Waals surface area contributed by atoms with Crippen molar-refractivity contribution < 1.29 is 9.59 Å². The largest absolute Gasteiger partial charge is 0.351 e. The van der Waals surface area contributed by atoms with Gasteiger partial charge in [0.15, 0.2) is 5.65 Å². The number of nitrogens with one attached hydrogen (secondary N) is 2. The second kappa shape index (κ2) is 8.68. The fourth-order valence-electron chi connectivity index (χ4n) is 3.11. The molecule has 150 valence electrons. The third-order valence-corrected chi connectivity index (χ3v) is 4.62. The molecule has 3 aromatic rings. The van der Waals surface area contributed by atoms with Gasteiger partial charge in [-0.25, -0.2) is 9.67 Å². The molecule has 0 fully saturated rings. The summed E-state index contributed by atoms with van der Waals surface area (Å²) in [6.45, 7) is 10.1. The van der Waals surface area contributed by atoms with Gasteiger partial charge < -0.3 is 10.6 Å². The first-order valence-electron chi connectivity index (χ1n) is 9.55. The molecule has 7 heteroatoms. The lowest BCUT2D eigenvalue weighted by molar-refractivity contribution is -0.116. The highest BCUT2D eigenvalue weighted by atomic mass is 16.2. The Hall–Kier alpha value is -3.48. The second-order valence-electron chi connectivity index (χ2n) is 7.04. The standard InChI is InChI=1S/C22H25N5O2/c1-5-20(28)23-10-11-24-22(29)17-12-19(16-9-7-6-8-15(16)4)26-21-18(17)13-25-27(21)14(2)3/h5-9,12-14H,1,10-11H2,2-4H3,(H,23,28)(H,24,29). The minimum Gasteiger partial charge on any atom is -0.351 e. The van der Waals surface area contributed by atoms with Crippen LogP contribution in [0.25, 0.3) is 22.3 Å². The summed E-state index contributed by atoms with van der Waals surface area (Å²) in [4.78, 5) is 29.0. The maximum Gasteiger partial charge on any atom is 0.252 e. The first kappa shape index (κ1) is 20.3. The number of aryl methyl sites for hydroxylation is 1. The lowest BCUT2D eigenvalue weighted by Crippen LogP contribution is -2.34. The van der Waals surface area contributed by atoms with Gasteiger partial charge in [0.05, 0.1) is 22.8 Å². The molecule has 3 rings (SSSR count). The average molecular weight is 391 g/mol. The number of aromatic nitrogens is 3. The van der Waals surface area contributed by atoms with E-state index in [1.807, 2.05) is 49.7 Å². The van der Waals surface area contributed by atoms with E-state index in [1.54, 1.807) is 12.3 Å². The van der Waals surface area contributed by atoms with E-state index >= 15 is 0 Å². The van der Waals surface area contributed by atoms with Gasteiger partial charge in [-0.3, -0.25) is 9.59 Å². The van der Waals surface area contributed by atoms with Crippen molar-refractivity contribution in [1.82, 2.24) is 25.4 Å². The maximum absolute atomic E-state index is 12.9. The third kappa shape index (κ3) is 4.34. The number of hydrogen-bond acceptors (Lipinski definition) is 4. The number of rotatable bonds is 7. The van der Waals surface area contributed by atoms with Crippen LogP contribution in [0.4, 0.5) is 0 Å². The quantitative estimate of drug-likeness (QED) is 0.479. The van der Waals surface area contributed by atoms with Crippen LogP contribution in [0.3, 0.4) is 0 Å². The highest BCUT2D eigenvalue weighted by Crippen LogP contribution is 2.28. The summed E-state index contributed by atoms with van der Waals surface area (Å²) in [6.07, 6.45) is 2.88. The van der Waals surface area contributed by atoms with Gasteiger partial charge in [0, 0.05) is 24.7 Å². The molecule has 0 aliphatic heterocycles. The van der Waals surface area contributed by atoms with Crippen molar-refractivity contribution in [2.24, 2.45) is 0 Å². The zero-order valence-electron chi connectivity index (χ0n) is 16.9. The Labute approximate surface area is 169 Å². The molecule has 0 aliphatic carbocycles. The van der Waals surface area contributed by atoms with Crippen LogP contribution >= 0.6 is 0 Å². The number of carbonyl (C=O) groups excluding carboxylic acids is 2. The highest BCUT2D eigenvalue weighted by Gasteiger charge is 2.19. The monoisotopic (exact) mass is 391 g/mol. The van der Waals surface area contributed by atoms with Crippen molar-refractivity contribution in [3.8, 4) is 11.3 Å². The third-order valence-electron chi connectivity index (χ3n) is 4.62. The van der Waals surface area contributed by atoms with Crippen molar-refractivity contribution in [2.45, 2.75) is 26.8 Å². The first-order valence-corrected chi connectivity index (χ1v) is 9.55. The van der Waals surface area contributed by atoms with E-state index in [0.29, 0.717) is 29.7 Å². The molecule has 0 saturated heterocycles. The fourth-order valence-corrected chi connectivity index (χ4v) is 3.11. The van der Waals surface area contributed by atoms with E-state index in [9.17, 15) is 9.59 Å². The molecule has 2 N–H and O–H groups in total. The molecular formula is C22H25N5O2. The molecule has 0 spiro atoms. The van der Waals surface area contributed by atoms with Gasteiger partial charge >= 0.3 is 0 Å². The first-order chi connectivity index (χ1) is 13.9. The summed E-state index contributed by atoms with van der Waals surface area (Å²) >= 11 is 0. The molecule has 2 amide bonds. The van der Waals surface area contributed by atoms with Gasteiger partial charge in [-0.15, -0.1) is 0 Å². The topological polar surface area (TPSA) is 88.9 Å². The predicted molar refractivity (Wildman–Crippen MR) is 114 cm³/mol. The minimum atomic E-state index is -0.273. The number of hydrogen-bond donors (Lipinski definition) is 2. The lowest BCUT2D eigenvalue weighted by atomic mass is 10.0. The van der Waals surface area contributed by atoms with Gasteiger partial charge in [0.2, 0.25) is 5.91 Å². The lowest BCUT2D eigenvalue weighted by Gasteiger charge is -2.12. The Morgan fingerprint density at radius 3 is 2.62 bits per heavy atom. The summed E-state index contributed by atoms with van der Waals surface area (Å²) < 4.78 is 1.82. The summed E-state index contributed by atoms with van der Waals surface area (Å²) in [6, 6.07) is 9.85. The molecule has 0 atom stereocenters. The van der Waals surface area contributed by atoms with E-state index < -0.39 is 0 Å². The SMILES string of the molecule is C=CC(=O)NCCNC(=O)c1cc(-c2ccccc2C)nc2c1cnn2C(C)C. The summed E-state index contributed by atoms with van der Waals surface area (Å²) in [5.41, 5.74) is 3.95. The fraction of sp³-hybridized carbons (Fsp3) is 0.273. The number of pyridine rings is 1. The smallest absolute Gasteiger partial charge is 0.252 e. The van der Waals surface area contributed by atoms with E-state index in [-0.39, 0.29) is 17.9 Å². The van der Waals surface area contributed by atoms with Gasteiger partial charge in [0.1, 0.15) is 0 Å². The van der Waals surface area contributed by atoms with Crippen LogP contribution in [0.5, 0.6) is 0 Å². The van der Waals surface area contributed by atoms with E-state index in [0.717, 1.165) is 16.8 Å². The van der Waals surface area contributed by atoms with Crippen molar-refractivity contribution in [2.75, 3.05) is 13.1 Å². The highest BCUT2D eigenvalue weighted by molar-refractivity contribution is 6.06. The van der Waals surface area contributed by atoms with Crippen molar-refractivity contribution in [3.63, 3.8) is 0 Å². The molecule has 0 unspecified atom stereocenters. The Balaban J connectivity index is 1.99. The van der Waals surface area contributed by atoms with Gasteiger partial charge in [0.25, 0.3) is 5.91 Å². The Morgan fingerprint density at radius 1 is 1.21 bits per heavy atom. The van der Waals surface area contributed by atoms with Crippen LogP contribution in [-0.4, -0.2) is 39.7 Å². The summed E-state index contributed by atoms with van der Waals surface area (Å²) in [5.74, 6) is -0.506. The normalized spacial score (nSPS) is 10.9. The second-order valence-corrected chi connectivity index (χ2v) is 7.04. The zero-order valence-corrected chi connectivity index (χ0v) is 16.9. The molecule has 0 radical (unpaired) electrons. The number of amides is 2. The van der Waals surface area contributed by atoms with Crippen LogP contribution < -0.4 is 10.6 Å². The van der Waals surface area contributed by atoms with Gasteiger partial charge in [-0.1, -0.05) is 30.8 Å². The summed E-state index contributed by atoms with van der Waals surface area (Å²) in [7, 11) is 0. The molecule has 2 aromatic heterocycles. The summed E-state index contributed by atoms with van der Waals surface area (Å²) in [5, 5.41) is 10.6. The Bertz CT molecular complexity index is 1070. The number of carbonyl (C=O) groups is 2. The molecule has 0 bridgehead atoms. The van der Waals surface area contributed by atoms with Gasteiger partial charge in [-0.2, -0.15) is 5.10 Å². The molecule has 0 aliphatic rings. The van der Waals surface area contributed by atoms with Gasteiger partial charge in [-0.05, 0) is 38.5 Å². The molecule has 7 nitrogen and oxygen atoms in total. The van der Waals surface area contributed by atoms with Crippen LogP contribution in [0.2, 0.25) is 0 Å². The van der Waals surface area contributed by atoms with Crippen molar-refractivity contribution >= 4 is 22.8 Å². The average Bonchev–Trinajstić information content (AvgIpc) is 3.14. The Morgan fingerprint density at radius 2 is 1.93 bits per heavy atom. The maximum atomic E-state index is 12.9. The molecule has 29 heavy (non-hydrogen) atoms. The minimum absolute atomic E-state index is 0.108. The van der Waals surface area contributed by atoms with Crippen LogP contribution in [0.1, 0.15) is 35.8 Å². The van der Waals surface area contributed by atoms with Crippen molar-refractivity contribution in [1.29, 1.82) is 0 Å². The molecular weight excluding hydrogens is 366 g/mol. The van der Waals surface area contributed by atoms with Crippen molar-refractivity contribution in [3.05, 3.63) is 60.3 Å². The van der Waals surface area contributed by atoms with Crippen LogP contribution in [0.15, 0.2) is 49.2 Å². The zero-order chi connectivity index (χ0) is 21.0. The van der Waals surface area contributed by atoms with Crippen LogP contribution in [0, 0.1) is 6.92 Å². The van der Waals surface area contributed by atoms with E-state index in [4.69, 9.17) is 4.98 Å². The molecule has 0 saturated carbocycles. The number of nitrogens with zero attached hydrogens (tertiary/aromatic N) is 3. The number of fused-ring (bicyclic) bond motifs is 1. The molecule has 2 heterocycles. The van der Waals surface area contributed by atoms with Crippen LogP contribution in [-0.2, 0) is 4.79 Å². The Kier molecular flexibility index (Phi) is 6.07. The predicted octanol–water partition coefficient (Wildman–Crippen LogP) is 3.02. The van der Waals surface area contributed by atoms with E-state index in [2.05, 4.69) is 22.3 Å².